The molecule has 0 radical (unpaired) electrons. The van der Waals surface area contributed by atoms with Crippen LogP contribution in [-0.4, -0.2) is 69.9 Å². The Balaban J connectivity index is 1.58. The van der Waals surface area contributed by atoms with Gasteiger partial charge in [-0.3, -0.25) is 9.59 Å². The number of carbonyl (C=O) groups is 2. The summed E-state index contributed by atoms with van der Waals surface area (Å²) in [6.45, 7) is 13.9. The highest BCUT2D eigenvalue weighted by Crippen LogP contribution is 2.68. The number of hydrogen-bond donors (Lipinski definition) is 3. The molecule has 2 bridgehead atoms. The van der Waals surface area contributed by atoms with Gasteiger partial charge in [-0.25, -0.2) is 9.97 Å². The van der Waals surface area contributed by atoms with E-state index in [2.05, 4.69) is 52.9 Å². The summed E-state index contributed by atoms with van der Waals surface area (Å²) < 4.78 is 6.29. The van der Waals surface area contributed by atoms with Crippen LogP contribution in [0.5, 0.6) is 0 Å². The Labute approximate surface area is 230 Å². The van der Waals surface area contributed by atoms with Crippen molar-refractivity contribution in [3.05, 3.63) is 19.0 Å². The van der Waals surface area contributed by atoms with Crippen LogP contribution in [0.1, 0.15) is 59.8 Å². The molecule has 0 unspecified atom stereocenters. The molecule has 8 atom stereocenters. The van der Waals surface area contributed by atoms with Crippen LogP contribution in [0, 0.1) is 34.0 Å². The van der Waals surface area contributed by atoms with Gasteiger partial charge in [0, 0.05) is 36.3 Å². The molecule has 1 heterocycles. The number of anilines is 1. The molecular formula is C28H43N5O4S. The van der Waals surface area contributed by atoms with Gasteiger partial charge in [-0.2, -0.15) is 4.98 Å². The van der Waals surface area contributed by atoms with Crippen LogP contribution in [0.3, 0.4) is 0 Å². The fourth-order valence-corrected chi connectivity index (χ4v) is 8.14. The molecular weight excluding hydrogens is 502 g/mol. The molecule has 1 aromatic heterocycles. The predicted octanol–water partition coefficient (Wildman–Crippen LogP) is 3.50. The number of aliphatic hydroxyl groups is 1. The second-order valence-corrected chi connectivity index (χ2v) is 12.9. The average Bonchev–Trinajstić information content (AvgIpc) is 3.26. The smallest absolute Gasteiger partial charge is 0.316 e. The highest BCUT2D eigenvalue weighted by atomic mass is 32.2. The second kappa shape index (κ2) is 11.2. The zero-order chi connectivity index (χ0) is 27.7. The summed E-state index contributed by atoms with van der Waals surface area (Å²) in [5, 5.41) is 18.2. The molecule has 3 aliphatic carbocycles. The molecule has 0 aliphatic heterocycles. The van der Waals surface area contributed by atoms with Crippen molar-refractivity contribution in [2.24, 2.45) is 34.0 Å². The van der Waals surface area contributed by atoms with Crippen LogP contribution in [-0.2, 0) is 14.3 Å². The summed E-state index contributed by atoms with van der Waals surface area (Å²) in [4.78, 5) is 39.5. The normalized spacial score (nSPS) is 38.6. The van der Waals surface area contributed by atoms with E-state index >= 15 is 0 Å². The van der Waals surface area contributed by atoms with Gasteiger partial charge >= 0.3 is 5.97 Å². The number of nitrogens with one attached hydrogen (secondary N) is 2. The Kier molecular flexibility index (Phi) is 8.55. The monoisotopic (exact) mass is 545 g/mol. The van der Waals surface area contributed by atoms with Gasteiger partial charge in [-0.05, 0) is 50.0 Å². The third-order valence-electron chi connectivity index (χ3n) is 10.1. The van der Waals surface area contributed by atoms with Crippen molar-refractivity contribution < 1.29 is 19.4 Å². The summed E-state index contributed by atoms with van der Waals surface area (Å²) in [5.41, 5.74) is -1.46. The molecule has 1 aromatic rings. The number of likely N-dealkylation sites (N-methyl/N-ethyl adjacent to an activating group) is 1. The Hall–Kier alpha value is -2.04. The van der Waals surface area contributed by atoms with Crippen LogP contribution in [0.2, 0.25) is 0 Å². The lowest BCUT2D eigenvalue weighted by Gasteiger charge is -2.61. The van der Waals surface area contributed by atoms with E-state index in [9.17, 15) is 14.7 Å². The van der Waals surface area contributed by atoms with E-state index in [1.807, 2.05) is 20.0 Å². The summed E-state index contributed by atoms with van der Waals surface area (Å²) in [7, 11) is 1.87. The Morgan fingerprint density at radius 1 is 1.29 bits per heavy atom. The molecule has 4 rings (SSSR count). The van der Waals surface area contributed by atoms with Crippen molar-refractivity contribution in [3.63, 3.8) is 0 Å². The highest BCUT2D eigenvalue weighted by molar-refractivity contribution is 7.99. The van der Waals surface area contributed by atoms with Gasteiger partial charge in [0.25, 0.3) is 0 Å². The molecule has 3 saturated carbocycles. The first kappa shape index (κ1) is 29.0. The van der Waals surface area contributed by atoms with Crippen LogP contribution < -0.4 is 10.6 Å². The zero-order valence-electron chi connectivity index (χ0n) is 23.3. The van der Waals surface area contributed by atoms with E-state index in [0.29, 0.717) is 30.5 Å². The minimum Gasteiger partial charge on any atom is -0.461 e. The number of thioether (sulfide) groups is 1. The minimum absolute atomic E-state index is 0.0362. The van der Waals surface area contributed by atoms with Gasteiger partial charge in [0.1, 0.15) is 18.2 Å². The SMILES string of the molecule is C=C[C@]1(C)C[C@@H](OC(=O)CSc2ncnc(NCCNC)n2)[C@]2(C)[C@H](C)CC[C@]3(CCC(=O)[C@H]32)[C@@H](C)[C@@H]1O. The van der Waals surface area contributed by atoms with Crippen molar-refractivity contribution >= 4 is 29.5 Å². The van der Waals surface area contributed by atoms with Crippen molar-refractivity contribution in [2.75, 3.05) is 31.2 Å². The fraction of sp³-hybridized carbons (Fsp3) is 0.750. The highest BCUT2D eigenvalue weighted by Gasteiger charge is 2.68. The molecule has 0 aromatic carbocycles. The third kappa shape index (κ3) is 4.99. The predicted molar refractivity (Wildman–Crippen MR) is 148 cm³/mol. The number of rotatable bonds is 9. The van der Waals surface area contributed by atoms with Crippen LogP contribution in [0.15, 0.2) is 24.1 Å². The number of esters is 1. The van der Waals surface area contributed by atoms with E-state index in [-0.39, 0.29) is 40.7 Å². The van der Waals surface area contributed by atoms with Crippen molar-refractivity contribution in [3.8, 4) is 0 Å². The molecule has 38 heavy (non-hydrogen) atoms. The van der Waals surface area contributed by atoms with Crippen LogP contribution in [0.25, 0.3) is 0 Å². The molecule has 9 nitrogen and oxygen atoms in total. The Bertz CT molecular complexity index is 1060. The van der Waals surface area contributed by atoms with Crippen molar-refractivity contribution in [2.45, 2.75) is 77.2 Å². The maximum absolute atomic E-state index is 13.5. The van der Waals surface area contributed by atoms with E-state index < -0.39 is 23.0 Å². The van der Waals surface area contributed by atoms with Gasteiger partial charge < -0.3 is 20.5 Å². The van der Waals surface area contributed by atoms with Gasteiger partial charge in [0.15, 0.2) is 5.16 Å². The van der Waals surface area contributed by atoms with Gasteiger partial charge in [0.05, 0.1) is 11.9 Å². The van der Waals surface area contributed by atoms with Crippen molar-refractivity contribution in [1.82, 2.24) is 20.3 Å². The number of Topliss-reactive ketones (excluding diaryl/α,β-unsaturated/α-hetero) is 1. The number of aliphatic hydroxyl groups excluding tert-OH is 1. The molecule has 3 aliphatic rings. The summed E-state index contributed by atoms with van der Waals surface area (Å²) in [5.74, 6) is 0.261. The van der Waals surface area contributed by atoms with Gasteiger partial charge in [0.2, 0.25) is 5.95 Å². The number of ketones is 1. The fourth-order valence-electron chi connectivity index (χ4n) is 7.55. The average molecular weight is 546 g/mol. The molecule has 3 fully saturated rings. The van der Waals surface area contributed by atoms with Gasteiger partial charge in [-0.15, -0.1) is 6.58 Å². The molecule has 0 amide bonds. The molecule has 10 heteroatoms. The minimum atomic E-state index is -0.680. The number of ether oxygens (including phenoxy) is 1. The lowest BCUT2D eigenvalue weighted by molar-refractivity contribution is -0.205. The van der Waals surface area contributed by atoms with E-state index in [0.717, 1.165) is 25.8 Å². The number of carbonyl (C=O) groups excluding carboxylic acids is 2. The topological polar surface area (TPSA) is 126 Å². The first-order valence-electron chi connectivity index (χ1n) is 13.8. The molecule has 0 saturated heterocycles. The lowest BCUT2D eigenvalue weighted by Crippen LogP contribution is -2.63. The second-order valence-electron chi connectivity index (χ2n) is 12.0. The molecule has 3 N–H and O–H groups in total. The molecule has 210 valence electrons. The standard InChI is InChI=1S/C28H43N5O4S/c1-7-26(4)14-20(37-21(35)15-38-25-32-16-31-24(33-25)30-13-12-29-6)27(5)17(2)8-10-28(18(3)23(26)36)11-9-19(34)22(27)28/h7,16-18,20,22-23,29,36H,1,8-15H2,2-6H3,(H,30,31,32,33)/t17-,18+,20-,22+,23+,26-,27+,28+/m1/s1. The summed E-state index contributed by atoms with van der Waals surface area (Å²) in [6.07, 6.45) is 5.61. The maximum atomic E-state index is 13.5. The van der Waals surface area contributed by atoms with Gasteiger partial charge in [-0.1, -0.05) is 45.5 Å². The van der Waals surface area contributed by atoms with E-state index in [4.69, 9.17) is 4.74 Å². The summed E-state index contributed by atoms with van der Waals surface area (Å²) >= 11 is 1.20. The number of hydrogen-bond acceptors (Lipinski definition) is 10. The van der Waals surface area contributed by atoms with E-state index in [1.54, 1.807) is 0 Å². The Morgan fingerprint density at radius 2 is 2.05 bits per heavy atom. The first-order chi connectivity index (χ1) is 18.0. The summed E-state index contributed by atoms with van der Waals surface area (Å²) in [6, 6.07) is 0. The van der Waals surface area contributed by atoms with Crippen molar-refractivity contribution in [1.29, 1.82) is 0 Å². The largest absolute Gasteiger partial charge is 0.461 e. The van der Waals surface area contributed by atoms with Crippen LogP contribution in [0.4, 0.5) is 5.95 Å². The molecule has 0 spiro atoms. The number of nitrogens with zero attached hydrogens (tertiary/aromatic N) is 3. The third-order valence-corrected chi connectivity index (χ3v) is 10.9. The first-order valence-corrected chi connectivity index (χ1v) is 14.7. The number of aromatic nitrogens is 3. The quantitative estimate of drug-likeness (QED) is 0.184. The van der Waals surface area contributed by atoms with Crippen LogP contribution >= 0.6 is 11.8 Å². The lowest BCUT2D eigenvalue weighted by atomic mass is 9.44. The van der Waals surface area contributed by atoms with E-state index in [1.165, 1.54) is 18.1 Å². The maximum Gasteiger partial charge on any atom is 0.316 e. The zero-order valence-corrected chi connectivity index (χ0v) is 24.1. The Morgan fingerprint density at radius 3 is 2.76 bits per heavy atom.